The highest BCUT2D eigenvalue weighted by Gasteiger charge is 2.29. The second kappa shape index (κ2) is 11.1. The summed E-state index contributed by atoms with van der Waals surface area (Å²) in [5.41, 5.74) is 2.38. The number of nitrogens with zero attached hydrogens (tertiary/aromatic N) is 1. The Kier molecular flexibility index (Phi) is 8.17. The second-order valence-electron chi connectivity index (χ2n) is 9.61. The van der Waals surface area contributed by atoms with Crippen LogP contribution in [-0.2, 0) is 20.0 Å². The van der Waals surface area contributed by atoms with E-state index in [1.54, 1.807) is 25.1 Å². The highest BCUT2D eigenvalue weighted by Crippen LogP contribution is 2.26. The van der Waals surface area contributed by atoms with Gasteiger partial charge < -0.3 is 5.32 Å². The number of hydrogen-bond acceptors (Lipinski definition) is 5. The Morgan fingerprint density at radius 3 is 2.05 bits per heavy atom. The third-order valence-corrected chi connectivity index (χ3v) is 10.4. The largest absolute Gasteiger partial charge is 0.322 e. The van der Waals surface area contributed by atoms with Crippen LogP contribution in [0.3, 0.4) is 0 Å². The molecular weight excluding hydrogens is 546 g/mol. The smallest absolute Gasteiger partial charge is 0.261 e. The lowest BCUT2D eigenvalue weighted by Gasteiger charge is -2.29. The first-order valence-electron chi connectivity index (χ1n) is 12.2. The summed E-state index contributed by atoms with van der Waals surface area (Å²) in [4.78, 5) is 13.1. The maximum absolute atomic E-state index is 13.2. The van der Waals surface area contributed by atoms with E-state index in [-0.39, 0.29) is 15.4 Å². The average Bonchev–Trinajstić information content (AvgIpc) is 2.87. The molecule has 1 fully saturated rings. The Morgan fingerprint density at radius 1 is 0.842 bits per heavy atom. The zero-order chi connectivity index (χ0) is 27.7. The van der Waals surface area contributed by atoms with Gasteiger partial charge in [-0.25, -0.2) is 16.8 Å². The van der Waals surface area contributed by atoms with Gasteiger partial charge in [0.05, 0.1) is 15.5 Å². The number of benzene rings is 3. The van der Waals surface area contributed by atoms with Crippen molar-refractivity contribution in [2.24, 2.45) is 5.92 Å². The van der Waals surface area contributed by atoms with E-state index < -0.39 is 26.0 Å². The molecule has 0 aromatic heterocycles. The Bertz CT molecular complexity index is 1560. The highest BCUT2D eigenvalue weighted by atomic mass is 35.5. The molecule has 2 N–H and O–H groups in total. The maximum atomic E-state index is 13.2. The Hall–Kier alpha value is -2.92. The Balaban J connectivity index is 1.49. The summed E-state index contributed by atoms with van der Waals surface area (Å²) >= 11 is 6.09. The first kappa shape index (κ1) is 28.1. The van der Waals surface area contributed by atoms with E-state index in [1.165, 1.54) is 46.8 Å². The van der Waals surface area contributed by atoms with Crippen molar-refractivity contribution in [3.05, 3.63) is 82.4 Å². The van der Waals surface area contributed by atoms with Crippen molar-refractivity contribution < 1.29 is 21.6 Å². The monoisotopic (exact) mass is 575 g/mol. The van der Waals surface area contributed by atoms with Crippen molar-refractivity contribution in [1.29, 1.82) is 0 Å². The molecule has 1 saturated heterocycles. The number of rotatable bonds is 7. The molecule has 1 aliphatic rings. The van der Waals surface area contributed by atoms with Crippen LogP contribution in [0.15, 0.2) is 70.5 Å². The van der Waals surface area contributed by atoms with Gasteiger partial charge in [0.2, 0.25) is 10.0 Å². The average molecular weight is 576 g/mol. The van der Waals surface area contributed by atoms with Gasteiger partial charge in [-0.2, -0.15) is 4.31 Å². The van der Waals surface area contributed by atoms with E-state index in [9.17, 15) is 21.6 Å². The van der Waals surface area contributed by atoms with Gasteiger partial charge in [-0.1, -0.05) is 30.7 Å². The van der Waals surface area contributed by atoms with Gasteiger partial charge in [0.25, 0.3) is 15.9 Å². The first-order valence-corrected chi connectivity index (χ1v) is 15.5. The van der Waals surface area contributed by atoms with Crippen molar-refractivity contribution >= 4 is 48.9 Å². The predicted octanol–water partition coefficient (Wildman–Crippen LogP) is 5.43. The number of carbonyl (C=O) groups excluding carboxylic acids is 1. The van der Waals surface area contributed by atoms with Gasteiger partial charge >= 0.3 is 0 Å². The topological polar surface area (TPSA) is 113 Å². The molecule has 38 heavy (non-hydrogen) atoms. The van der Waals surface area contributed by atoms with E-state index in [0.29, 0.717) is 41.0 Å². The maximum Gasteiger partial charge on any atom is 0.261 e. The summed E-state index contributed by atoms with van der Waals surface area (Å²) in [6, 6.07) is 15.1. The van der Waals surface area contributed by atoms with E-state index in [2.05, 4.69) is 17.0 Å². The number of nitrogens with one attached hydrogen (secondary N) is 2. The van der Waals surface area contributed by atoms with Crippen LogP contribution in [0.2, 0.25) is 5.02 Å². The van der Waals surface area contributed by atoms with Crippen LogP contribution < -0.4 is 10.0 Å². The lowest BCUT2D eigenvalue weighted by molar-refractivity contribution is 0.102. The van der Waals surface area contributed by atoms with Crippen molar-refractivity contribution in [3.63, 3.8) is 0 Å². The lowest BCUT2D eigenvalue weighted by atomic mass is 10.0. The molecule has 1 amide bonds. The van der Waals surface area contributed by atoms with Crippen LogP contribution in [0.25, 0.3) is 0 Å². The minimum absolute atomic E-state index is 0.00678. The zero-order valence-electron chi connectivity index (χ0n) is 21.4. The van der Waals surface area contributed by atoms with E-state index in [0.717, 1.165) is 18.4 Å². The molecule has 202 valence electrons. The van der Waals surface area contributed by atoms with Crippen LogP contribution in [0, 0.1) is 19.8 Å². The molecule has 0 aliphatic carbocycles. The molecule has 3 aromatic carbocycles. The van der Waals surface area contributed by atoms with Crippen molar-refractivity contribution in [3.8, 4) is 0 Å². The van der Waals surface area contributed by atoms with E-state index >= 15 is 0 Å². The van der Waals surface area contributed by atoms with Gasteiger partial charge in [-0.05, 0) is 92.3 Å². The number of hydrogen-bond donors (Lipinski definition) is 2. The van der Waals surface area contributed by atoms with Gasteiger partial charge in [0.15, 0.2) is 0 Å². The normalized spacial score (nSPS) is 15.3. The summed E-state index contributed by atoms with van der Waals surface area (Å²) in [6.07, 6.45) is 1.61. The first-order chi connectivity index (χ1) is 17.9. The van der Waals surface area contributed by atoms with Crippen molar-refractivity contribution in [1.82, 2.24) is 4.31 Å². The third-order valence-electron chi connectivity index (χ3n) is 6.68. The highest BCUT2D eigenvalue weighted by molar-refractivity contribution is 7.92. The number of amides is 1. The Morgan fingerprint density at radius 2 is 1.42 bits per heavy atom. The SMILES string of the molecule is Cc1ccc(NS(=O)(=O)c2ccc(NC(=O)c3cc(S(=O)(=O)N4CCC(C)CC4)ccc3C)cc2)cc1Cl. The molecule has 0 spiro atoms. The standard InChI is InChI=1S/C27H30ClN3O5S2/c1-18-12-14-31(15-13-18)38(35,36)24-9-5-19(2)25(17-24)27(32)29-21-7-10-23(11-8-21)37(33,34)30-22-6-4-20(3)26(28)16-22/h4-11,16-18,30H,12-15H2,1-3H3,(H,29,32). The molecule has 1 heterocycles. The zero-order valence-corrected chi connectivity index (χ0v) is 23.8. The molecule has 1 aliphatic heterocycles. The van der Waals surface area contributed by atoms with Gasteiger partial charge in [0.1, 0.15) is 0 Å². The fraction of sp³-hybridized carbons (Fsp3) is 0.296. The third kappa shape index (κ3) is 6.20. The number of aryl methyl sites for hydroxylation is 2. The van der Waals surface area contributed by atoms with Crippen LogP contribution in [0.4, 0.5) is 11.4 Å². The second-order valence-corrected chi connectivity index (χ2v) is 13.6. The predicted molar refractivity (Wildman–Crippen MR) is 150 cm³/mol. The summed E-state index contributed by atoms with van der Waals surface area (Å²) in [7, 11) is -7.59. The molecular formula is C27H30ClN3O5S2. The summed E-state index contributed by atoms with van der Waals surface area (Å²) < 4.78 is 55.8. The van der Waals surface area contributed by atoms with E-state index in [1.807, 2.05) is 6.92 Å². The molecule has 0 radical (unpaired) electrons. The molecule has 0 unspecified atom stereocenters. The fourth-order valence-electron chi connectivity index (χ4n) is 4.17. The minimum Gasteiger partial charge on any atom is -0.322 e. The van der Waals surface area contributed by atoms with Gasteiger partial charge in [-0.3, -0.25) is 9.52 Å². The quantitative estimate of drug-likeness (QED) is 0.390. The molecule has 8 nitrogen and oxygen atoms in total. The Labute approximate surface area is 229 Å². The van der Waals surface area contributed by atoms with E-state index in [4.69, 9.17) is 11.6 Å². The number of anilines is 2. The number of carbonyl (C=O) groups is 1. The summed E-state index contributed by atoms with van der Waals surface area (Å²) in [5.74, 6) is -0.00564. The number of sulfonamides is 2. The molecule has 3 aromatic rings. The van der Waals surface area contributed by atoms with Crippen LogP contribution in [0.1, 0.15) is 41.3 Å². The fourth-order valence-corrected chi connectivity index (χ4v) is 6.89. The molecule has 0 atom stereocenters. The number of piperidine rings is 1. The van der Waals surface area contributed by atoms with Crippen molar-refractivity contribution in [2.75, 3.05) is 23.1 Å². The van der Waals surface area contributed by atoms with Crippen molar-refractivity contribution in [2.45, 2.75) is 43.4 Å². The lowest BCUT2D eigenvalue weighted by Crippen LogP contribution is -2.38. The molecule has 11 heteroatoms. The van der Waals surface area contributed by atoms with Gasteiger partial charge in [0, 0.05) is 29.4 Å². The molecule has 0 bridgehead atoms. The summed E-state index contributed by atoms with van der Waals surface area (Å²) in [6.45, 7) is 6.57. The van der Waals surface area contributed by atoms with Gasteiger partial charge in [-0.15, -0.1) is 0 Å². The van der Waals surface area contributed by atoms with Crippen LogP contribution in [-0.4, -0.2) is 40.1 Å². The van der Waals surface area contributed by atoms with Crippen LogP contribution >= 0.6 is 11.6 Å². The molecule has 4 rings (SSSR count). The van der Waals surface area contributed by atoms with Crippen LogP contribution in [0.5, 0.6) is 0 Å². The minimum atomic E-state index is -3.88. The summed E-state index contributed by atoms with van der Waals surface area (Å²) in [5, 5.41) is 3.17. The molecule has 0 saturated carbocycles. The number of halogens is 1.